The third-order valence-electron chi connectivity index (χ3n) is 14.1. The van der Waals surface area contributed by atoms with Crippen LogP contribution in [0.5, 0.6) is 0 Å². The van der Waals surface area contributed by atoms with E-state index in [1.165, 1.54) is 126 Å². The molecule has 0 aromatic heterocycles. The fourth-order valence-corrected chi connectivity index (χ4v) is 12.2. The number of aryl methyl sites for hydroxylation is 1. The van der Waals surface area contributed by atoms with Gasteiger partial charge in [-0.1, -0.05) is 195 Å². The summed E-state index contributed by atoms with van der Waals surface area (Å²) in [6.45, 7) is 7.13. The smallest absolute Gasteiger partial charge is 0.0608 e. The highest BCUT2D eigenvalue weighted by molar-refractivity contribution is 8.00. The largest absolute Gasteiger partial charge is 0.309 e. The second-order valence-electron chi connectivity index (χ2n) is 18.1. The van der Waals surface area contributed by atoms with Crippen LogP contribution in [0.1, 0.15) is 30.5 Å². The van der Waals surface area contributed by atoms with Crippen LogP contribution < -0.4 is 9.80 Å². The number of rotatable bonds is 4. The second-order valence-corrected chi connectivity index (χ2v) is 19.2. The van der Waals surface area contributed by atoms with Crippen molar-refractivity contribution < 1.29 is 0 Å². The minimum absolute atomic E-state index is 0.265. The van der Waals surface area contributed by atoms with E-state index in [0.717, 1.165) is 0 Å². The highest BCUT2D eigenvalue weighted by Crippen LogP contribution is 2.58. The van der Waals surface area contributed by atoms with Crippen molar-refractivity contribution in [1.29, 1.82) is 0 Å². The van der Waals surface area contributed by atoms with Crippen LogP contribution in [0.4, 0.5) is 34.1 Å². The van der Waals surface area contributed by atoms with Crippen LogP contribution in [-0.4, -0.2) is 0 Å². The first-order valence-electron chi connectivity index (χ1n) is 22.6. The summed E-state index contributed by atoms with van der Waals surface area (Å²) in [6.07, 6.45) is 0. The molecule has 0 N–H and O–H groups in total. The van der Waals surface area contributed by atoms with E-state index in [2.05, 4.69) is 243 Å². The van der Waals surface area contributed by atoms with E-state index in [4.69, 9.17) is 0 Å². The van der Waals surface area contributed by atoms with Crippen molar-refractivity contribution in [3.63, 3.8) is 0 Å². The quantitative estimate of drug-likeness (QED) is 0.174. The fraction of sp³-hybridized carbons (Fsp3) is 0.0645. The number of hydrogen-bond acceptors (Lipinski definition) is 3. The molecule has 0 atom stereocenters. The maximum atomic E-state index is 2.55. The van der Waals surface area contributed by atoms with Gasteiger partial charge in [0.05, 0.1) is 34.1 Å². The number of fused-ring (bicyclic) bond motifs is 10. The Balaban J connectivity index is 1.04. The minimum Gasteiger partial charge on any atom is -0.309 e. The van der Waals surface area contributed by atoms with Gasteiger partial charge < -0.3 is 9.80 Å². The van der Waals surface area contributed by atoms with Crippen LogP contribution in [-0.2, 0) is 5.41 Å². The molecular formula is C62H44N2S. The fourth-order valence-electron chi connectivity index (χ4n) is 11.0. The van der Waals surface area contributed by atoms with Gasteiger partial charge in [-0.05, 0) is 121 Å². The molecule has 0 saturated heterocycles. The Kier molecular flexibility index (Phi) is 8.44. The van der Waals surface area contributed by atoms with E-state index in [0.29, 0.717) is 0 Å². The molecule has 308 valence electrons. The average molecular weight is 849 g/mol. The zero-order valence-electron chi connectivity index (χ0n) is 36.5. The molecule has 0 spiro atoms. The average Bonchev–Trinajstić information content (AvgIpc) is 3.35. The molecule has 0 unspecified atom stereocenters. The Morgan fingerprint density at radius 2 is 0.954 bits per heavy atom. The van der Waals surface area contributed by atoms with Crippen molar-refractivity contribution in [1.82, 2.24) is 0 Å². The molecule has 0 amide bonds. The van der Waals surface area contributed by atoms with Crippen LogP contribution >= 0.6 is 11.8 Å². The molecule has 13 rings (SSSR count). The summed E-state index contributed by atoms with van der Waals surface area (Å²) in [7, 11) is 0. The number of benzene rings is 11. The molecule has 0 radical (unpaired) electrons. The maximum absolute atomic E-state index is 2.55. The molecule has 2 heterocycles. The minimum atomic E-state index is -0.265. The summed E-state index contributed by atoms with van der Waals surface area (Å²) < 4.78 is 0. The third-order valence-corrected chi connectivity index (χ3v) is 15.3. The van der Waals surface area contributed by atoms with Crippen LogP contribution in [0.25, 0.3) is 65.3 Å². The number of hydrogen-bond donors (Lipinski definition) is 0. The van der Waals surface area contributed by atoms with Crippen LogP contribution in [0.3, 0.4) is 0 Å². The van der Waals surface area contributed by atoms with Gasteiger partial charge in [0.1, 0.15) is 0 Å². The summed E-state index contributed by atoms with van der Waals surface area (Å²) in [6, 6.07) is 79.0. The number of nitrogens with zero attached hydrogens (tertiary/aromatic N) is 2. The van der Waals surface area contributed by atoms with Gasteiger partial charge in [0.25, 0.3) is 0 Å². The lowest BCUT2D eigenvalue weighted by Gasteiger charge is -2.43. The van der Waals surface area contributed by atoms with Crippen molar-refractivity contribution in [2.24, 2.45) is 0 Å². The van der Waals surface area contributed by atoms with Crippen molar-refractivity contribution in [2.75, 3.05) is 9.80 Å². The first-order chi connectivity index (χ1) is 31.9. The Morgan fingerprint density at radius 1 is 0.369 bits per heavy atom. The van der Waals surface area contributed by atoms with Crippen molar-refractivity contribution in [3.8, 4) is 22.3 Å². The topological polar surface area (TPSA) is 6.48 Å². The van der Waals surface area contributed by atoms with Crippen molar-refractivity contribution >= 4 is 89.0 Å². The van der Waals surface area contributed by atoms with Gasteiger partial charge in [-0.15, -0.1) is 0 Å². The molecular weight excluding hydrogens is 805 g/mol. The third kappa shape index (κ3) is 5.75. The molecule has 3 heteroatoms. The molecule has 0 fully saturated rings. The summed E-state index contributed by atoms with van der Waals surface area (Å²) >= 11 is 1.89. The van der Waals surface area contributed by atoms with Gasteiger partial charge >= 0.3 is 0 Å². The van der Waals surface area contributed by atoms with Crippen LogP contribution in [0.15, 0.2) is 222 Å². The Morgan fingerprint density at radius 3 is 1.74 bits per heavy atom. The molecule has 0 bridgehead atoms. The van der Waals surface area contributed by atoms with Crippen LogP contribution in [0.2, 0.25) is 0 Å². The highest BCUT2D eigenvalue weighted by atomic mass is 32.2. The van der Waals surface area contributed by atoms with Gasteiger partial charge in [0.15, 0.2) is 0 Å². The molecule has 2 nitrogen and oxygen atoms in total. The van der Waals surface area contributed by atoms with Crippen molar-refractivity contribution in [2.45, 2.75) is 36.0 Å². The van der Waals surface area contributed by atoms with Crippen LogP contribution in [0, 0.1) is 6.92 Å². The molecule has 65 heavy (non-hydrogen) atoms. The van der Waals surface area contributed by atoms with Gasteiger partial charge in [-0.2, -0.15) is 0 Å². The predicted molar refractivity (Wildman–Crippen MR) is 278 cm³/mol. The summed E-state index contributed by atoms with van der Waals surface area (Å²) in [5, 5.41) is 10.0. The van der Waals surface area contributed by atoms with Gasteiger partial charge in [0, 0.05) is 26.0 Å². The van der Waals surface area contributed by atoms with Gasteiger partial charge in [0.2, 0.25) is 0 Å². The normalized spacial score (nSPS) is 13.8. The lowest BCUT2D eigenvalue weighted by atomic mass is 9.70. The standard InChI is InChI=1S/C62H44N2S/c1-39-36-52-57(63(53-27-15-21-41-18-7-10-22-46(41)53)55-32-28-42-19-8-11-23-47(42)60(55)62(52,2)3)38-51(39)44-30-35-59-58(37-44)64(56-33-29-43-20-9-12-24-48(43)61(56)65-59)54-34-31-45(40-16-5-4-6-17-40)49-25-13-14-26-50(49)54/h4-38H,1-3H3. The molecule has 0 saturated carbocycles. The lowest BCUT2D eigenvalue weighted by Crippen LogP contribution is -2.31. The maximum Gasteiger partial charge on any atom is 0.0608 e. The van der Waals surface area contributed by atoms with E-state index >= 15 is 0 Å². The monoisotopic (exact) mass is 848 g/mol. The first kappa shape index (κ1) is 37.9. The Labute approximate surface area is 384 Å². The zero-order chi connectivity index (χ0) is 43.4. The molecule has 0 aliphatic carbocycles. The van der Waals surface area contributed by atoms with E-state index in [9.17, 15) is 0 Å². The SMILES string of the molecule is Cc1cc2c(cc1-c1ccc3c(c1)N(c1ccc(-c4ccccc4)c4ccccc14)c1ccc4ccccc4c1S3)N(c1cccc3ccccc13)c1ccc3ccccc3c1C2(C)C. The number of anilines is 6. The van der Waals surface area contributed by atoms with Gasteiger partial charge in [-0.25, -0.2) is 0 Å². The first-order valence-corrected chi connectivity index (χ1v) is 23.4. The predicted octanol–water partition coefficient (Wildman–Crippen LogP) is 18.0. The second kappa shape index (κ2) is 14.5. The van der Waals surface area contributed by atoms with E-state index in [-0.39, 0.29) is 5.41 Å². The van der Waals surface area contributed by atoms with E-state index in [1.54, 1.807) is 0 Å². The van der Waals surface area contributed by atoms with Crippen molar-refractivity contribution in [3.05, 3.63) is 229 Å². The van der Waals surface area contributed by atoms with E-state index < -0.39 is 0 Å². The molecule has 2 aliphatic heterocycles. The molecule has 2 aliphatic rings. The lowest BCUT2D eigenvalue weighted by molar-refractivity contribution is 0.637. The molecule has 11 aromatic rings. The van der Waals surface area contributed by atoms with E-state index in [1.807, 2.05) is 11.8 Å². The summed E-state index contributed by atoms with van der Waals surface area (Å²) in [5.41, 5.74) is 15.8. The summed E-state index contributed by atoms with van der Waals surface area (Å²) in [5.74, 6) is 0. The Hall–Kier alpha value is -7.59. The highest BCUT2D eigenvalue weighted by Gasteiger charge is 2.39. The summed E-state index contributed by atoms with van der Waals surface area (Å²) in [4.78, 5) is 7.61. The molecule has 11 aromatic carbocycles. The van der Waals surface area contributed by atoms with Gasteiger partial charge in [-0.3, -0.25) is 0 Å². The zero-order valence-corrected chi connectivity index (χ0v) is 37.3. The Bertz CT molecular complexity index is 3750.